The van der Waals surface area contributed by atoms with E-state index >= 15 is 0 Å². The predicted molar refractivity (Wildman–Crippen MR) is 78.9 cm³/mol. The van der Waals surface area contributed by atoms with Gasteiger partial charge in [0.25, 0.3) is 0 Å². The highest BCUT2D eigenvalue weighted by Crippen LogP contribution is 2.12. The fourth-order valence-electron chi connectivity index (χ4n) is 2.34. The van der Waals surface area contributed by atoms with Gasteiger partial charge in [-0.05, 0) is 31.4 Å². The minimum atomic E-state index is 1.14. The monoisotopic (exact) mass is 244 g/mol. The third kappa shape index (κ3) is 3.97. The molecular weight excluding hydrogens is 220 g/mol. The summed E-state index contributed by atoms with van der Waals surface area (Å²) in [5.41, 5.74) is 4.05. The van der Waals surface area contributed by atoms with Crippen LogP contribution in [0, 0.1) is 13.8 Å². The molecule has 0 spiro atoms. The Hall–Kier alpha value is -1.12. The number of nitrogens with one attached hydrogen (secondary N) is 1. The van der Waals surface area contributed by atoms with Crippen molar-refractivity contribution >= 4 is 6.08 Å². The Bertz CT molecular complexity index is 404. The Morgan fingerprint density at radius 1 is 1.22 bits per heavy atom. The molecule has 98 valence electrons. The van der Waals surface area contributed by atoms with Gasteiger partial charge in [0.15, 0.2) is 0 Å². The summed E-state index contributed by atoms with van der Waals surface area (Å²) in [6.45, 7) is 10.2. The van der Waals surface area contributed by atoms with Gasteiger partial charge < -0.3 is 10.2 Å². The summed E-state index contributed by atoms with van der Waals surface area (Å²) in [5, 5.41) is 3.38. The van der Waals surface area contributed by atoms with Crippen molar-refractivity contribution in [2.45, 2.75) is 20.3 Å². The predicted octanol–water partition coefficient (Wildman–Crippen LogP) is 2.61. The summed E-state index contributed by atoms with van der Waals surface area (Å²) in [7, 11) is 0. The molecule has 1 aliphatic rings. The van der Waals surface area contributed by atoms with Crippen molar-refractivity contribution in [2.24, 2.45) is 0 Å². The van der Waals surface area contributed by atoms with E-state index in [2.05, 4.69) is 54.4 Å². The maximum atomic E-state index is 3.38. The number of hydrogen-bond donors (Lipinski definition) is 1. The minimum Gasteiger partial charge on any atom is -0.314 e. The average Bonchev–Trinajstić information content (AvgIpc) is 2.40. The van der Waals surface area contributed by atoms with Crippen LogP contribution in [-0.4, -0.2) is 37.6 Å². The van der Waals surface area contributed by atoms with Crippen LogP contribution in [0.5, 0.6) is 0 Å². The number of piperazine rings is 1. The molecule has 0 amide bonds. The molecule has 1 aromatic rings. The van der Waals surface area contributed by atoms with Crippen LogP contribution in [0.4, 0.5) is 0 Å². The van der Waals surface area contributed by atoms with Gasteiger partial charge in [0, 0.05) is 32.7 Å². The van der Waals surface area contributed by atoms with E-state index in [0.717, 1.165) is 19.5 Å². The highest BCUT2D eigenvalue weighted by Gasteiger charge is 2.07. The van der Waals surface area contributed by atoms with E-state index in [1.54, 1.807) is 0 Å². The van der Waals surface area contributed by atoms with Crippen LogP contribution in [0.1, 0.15) is 23.1 Å². The van der Waals surface area contributed by atoms with Gasteiger partial charge in [0.1, 0.15) is 0 Å². The third-order valence-electron chi connectivity index (χ3n) is 3.55. The highest BCUT2D eigenvalue weighted by atomic mass is 15.2. The van der Waals surface area contributed by atoms with Crippen LogP contribution in [0.3, 0.4) is 0 Å². The molecule has 0 atom stereocenters. The number of aryl methyl sites for hydroxylation is 2. The van der Waals surface area contributed by atoms with Crippen LogP contribution < -0.4 is 5.32 Å². The van der Waals surface area contributed by atoms with Crippen molar-refractivity contribution in [1.29, 1.82) is 0 Å². The number of hydrogen-bond acceptors (Lipinski definition) is 2. The van der Waals surface area contributed by atoms with E-state index in [1.807, 2.05) is 0 Å². The summed E-state index contributed by atoms with van der Waals surface area (Å²) in [5.74, 6) is 0. The van der Waals surface area contributed by atoms with E-state index in [0.29, 0.717) is 0 Å². The van der Waals surface area contributed by atoms with Gasteiger partial charge in [0.2, 0.25) is 0 Å². The molecule has 0 unspecified atom stereocenters. The summed E-state index contributed by atoms with van der Waals surface area (Å²) in [6, 6.07) is 6.63. The quantitative estimate of drug-likeness (QED) is 0.876. The maximum Gasteiger partial charge on any atom is 0.0107 e. The minimum absolute atomic E-state index is 1.14. The van der Waals surface area contributed by atoms with Crippen molar-refractivity contribution in [3.63, 3.8) is 0 Å². The second-order valence-electron chi connectivity index (χ2n) is 5.14. The zero-order valence-electron chi connectivity index (χ0n) is 11.6. The molecule has 18 heavy (non-hydrogen) atoms. The van der Waals surface area contributed by atoms with Gasteiger partial charge in [-0.15, -0.1) is 0 Å². The van der Waals surface area contributed by atoms with Crippen LogP contribution in [-0.2, 0) is 0 Å². The van der Waals surface area contributed by atoms with Gasteiger partial charge in [-0.1, -0.05) is 35.9 Å². The number of rotatable bonds is 4. The summed E-state index contributed by atoms with van der Waals surface area (Å²) in [4.78, 5) is 2.53. The summed E-state index contributed by atoms with van der Waals surface area (Å²) < 4.78 is 0. The van der Waals surface area contributed by atoms with Crippen LogP contribution in [0.2, 0.25) is 0 Å². The molecule has 0 aliphatic carbocycles. The molecule has 1 heterocycles. The Morgan fingerprint density at radius 3 is 2.78 bits per heavy atom. The molecule has 0 saturated carbocycles. The normalized spacial score (nSPS) is 17.4. The lowest BCUT2D eigenvalue weighted by Crippen LogP contribution is -2.43. The SMILES string of the molecule is Cc1ccc(C)c(/C=C/CCN2CCNCC2)c1. The maximum absolute atomic E-state index is 3.38. The lowest BCUT2D eigenvalue weighted by molar-refractivity contribution is 0.245. The number of nitrogens with zero attached hydrogens (tertiary/aromatic N) is 1. The van der Waals surface area contributed by atoms with Crippen molar-refractivity contribution in [3.05, 3.63) is 41.0 Å². The molecule has 0 aromatic heterocycles. The van der Waals surface area contributed by atoms with Gasteiger partial charge in [0.05, 0.1) is 0 Å². The smallest absolute Gasteiger partial charge is 0.0107 e. The number of benzene rings is 1. The second-order valence-corrected chi connectivity index (χ2v) is 5.14. The zero-order chi connectivity index (χ0) is 12.8. The van der Waals surface area contributed by atoms with Gasteiger partial charge in [-0.2, -0.15) is 0 Å². The van der Waals surface area contributed by atoms with Gasteiger partial charge >= 0.3 is 0 Å². The van der Waals surface area contributed by atoms with E-state index in [-0.39, 0.29) is 0 Å². The van der Waals surface area contributed by atoms with Crippen molar-refractivity contribution in [2.75, 3.05) is 32.7 Å². The van der Waals surface area contributed by atoms with Crippen LogP contribution in [0.15, 0.2) is 24.3 Å². The van der Waals surface area contributed by atoms with Crippen molar-refractivity contribution < 1.29 is 0 Å². The fraction of sp³-hybridized carbons (Fsp3) is 0.500. The second kappa shape index (κ2) is 6.72. The largest absolute Gasteiger partial charge is 0.314 e. The van der Waals surface area contributed by atoms with E-state index in [4.69, 9.17) is 0 Å². The zero-order valence-corrected chi connectivity index (χ0v) is 11.6. The molecule has 2 rings (SSSR count). The fourth-order valence-corrected chi connectivity index (χ4v) is 2.34. The molecule has 1 saturated heterocycles. The average molecular weight is 244 g/mol. The molecule has 1 aromatic carbocycles. The molecule has 1 fully saturated rings. The van der Waals surface area contributed by atoms with E-state index in [1.165, 1.54) is 36.3 Å². The Balaban J connectivity index is 1.81. The van der Waals surface area contributed by atoms with Crippen molar-refractivity contribution in [3.8, 4) is 0 Å². The van der Waals surface area contributed by atoms with Crippen LogP contribution >= 0.6 is 0 Å². The van der Waals surface area contributed by atoms with E-state index in [9.17, 15) is 0 Å². The first-order valence-corrected chi connectivity index (χ1v) is 6.92. The standard InChI is InChI=1S/C16H24N2/c1-14-6-7-15(2)16(13-14)5-3-4-10-18-11-8-17-9-12-18/h3,5-7,13,17H,4,8-12H2,1-2H3/b5-3+. The topological polar surface area (TPSA) is 15.3 Å². The summed E-state index contributed by atoms with van der Waals surface area (Å²) in [6.07, 6.45) is 5.72. The Morgan fingerprint density at radius 2 is 2.00 bits per heavy atom. The molecule has 2 heteroatoms. The molecule has 0 bridgehead atoms. The van der Waals surface area contributed by atoms with Gasteiger partial charge in [-0.25, -0.2) is 0 Å². The summed E-state index contributed by atoms with van der Waals surface area (Å²) >= 11 is 0. The van der Waals surface area contributed by atoms with E-state index < -0.39 is 0 Å². The molecular formula is C16H24N2. The molecule has 2 nitrogen and oxygen atoms in total. The molecule has 0 radical (unpaired) electrons. The first kappa shape index (κ1) is 13.3. The van der Waals surface area contributed by atoms with Gasteiger partial charge in [-0.3, -0.25) is 0 Å². The first-order chi connectivity index (χ1) is 8.75. The van der Waals surface area contributed by atoms with Crippen LogP contribution in [0.25, 0.3) is 6.08 Å². The lowest BCUT2D eigenvalue weighted by atomic mass is 10.1. The lowest BCUT2D eigenvalue weighted by Gasteiger charge is -2.26. The third-order valence-corrected chi connectivity index (χ3v) is 3.55. The van der Waals surface area contributed by atoms with Crippen molar-refractivity contribution in [1.82, 2.24) is 10.2 Å². The molecule has 1 aliphatic heterocycles. The molecule has 1 N–H and O–H groups in total. The Labute approximate surface area is 111 Å². The first-order valence-electron chi connectivity index (χ1n) is 6.92. The Kier molecular flexibility index (Phi) is 4.97. The highest BCUT2D eigenvalue weighted by molar-refractivity contribution is 5.54.